The Kier molecular flexibility index (Phi) is 3.38. The second kappa shape index (κ2) is 4.35. The molecule has 0 radical (unpaired) electrons. The van der Waals surface area contributed by atoms with Crippen LogP contribution in [0.3, 0.4) is 0 Å². The van der Waals surface area contributed by atoms with Crippen molar-refractivity contribution in [2.75, 3.05) is 6.61 Å². The van der Waals surface area contributed by atoms with Gasteiger partial charge in [0.2, 0.25) is 0 Å². The van der Waals surface area contributed by atoms with Crippen molar-refractivity contribution in [3.63, 3.8) is 0 Å². The van der Waals surface area contributed by atoms with Gasteiger partial charge in [0.05, 0.1) is 6.61 Å². The van der Waals surface area contributed by atoms with Crippen molar-refractivity contribution in [1.82, 2.24) is 0 Å². The van der Waals surface area contributed by atoms with Crippen LogP contribution < -0.4 is 4.74 Å². The molecule has 0 bridgehead atoms. The first kappa shape index (κ1) is 10.9. The summed E-state index contributed by atoms with van der Waals surface area (Å²) in [7, 11) is 0. The van der Waals surface area contributed by atoms with E-state index in [0.29, 0.717) is 6.61 Å². The third kappa shape index (κ3) is 2.65. The Hall–Kier alpha value is -1.19. The minimum Gasteiger partial charge on any atom is -0.493 e. The molecule has 0 aromatic heterocycles. The molecule has 0 heterocycles. The third-order valence-corrected chi connectivity index (χ3v) is 1.54. The van der Waals surface area contributed by atoms with Gasteiger partial charge in [-0.15, -0.1) is 0 Å². The number of benzene rings is 1. The lowest BCUT2D eigenvalue weighted by atomic mass is 10.2. The first-order chi connectivity index (χ1) is 6.50. The smallest absolute Gasteiger partial charge is 0.194 e. The van der Waals surface area contributed by atoms with E-state index in [1.54, 1.807) is 0 Å². The van der Waals surface area contributed by atoms with E-state index in [1.165, 1.54) is 0 Å². The monoisotopic (exact) mass is 204 g/mol. The van der Waals surface area contributed by atoms with Gasteiger partial charge in [-0.2, -0.15) is 0 Å². The van der Waals surface area contributed by atoms with Gasteiger partial charge in [0.25, 0.3) is 0 Å². The highest BCUT2D eigenvalue weighted by Crippen LogP contribution is 2.19. The van der Waals surface area contributed by atoms with Crippen LogP contribution >= 0.6 is 0 Å². The number of rotatable bonds is 3. The van der Waals surface area contributed by atoms with E-state index < -0.39 is 17.5 Å². The van der Waals surface area contributed by atoms with Crippen LogP contribution in [0.1, 0.15) is 13.8 Å². The van der Waals surface area contributed by atoms with Crippen LogP contribution in [0.4, 0.5) is 13.2 Å². The van der Waals surface area contributed by atoms with Gasteiger partial charge in [-0.25, -0.2) is 13.2 Å². The van der Waals surface area contributed by atoms with E-state index in [2.05, 4.69) is 0 Å². The zero-order valence-electron chi connectivity index (χ0n) is 7.98. The van der Waals surface area contributed by atoms with Crippen LogP contribution in [0.5, 0.6) is 5.75 Å². The molecule has 0 saturated heterocycles. The van der Waals surface area contributed by atoms with Crippen LogP contribution in [0, 0.1) is 23.4 Å². The molecule has 0 atom stereocenters. The highest BCUT2D eigenvalue weighted by atomic mass is 19.2. The Labute approximate surface area is 80.5 Å². The van der Waals surface area contributed by atoms with Gasteiger partial charge in [0, 0.05) is 12.1 Å². The molecule has 78 valence electrons. The van der Waals surface area contributed by atoms with Gasteiger partial charge in [0.15, 0.2) is 17.5 Å². The fourth-order valence-electron chi connectivity index (χ4n) is 0.878. The van der Waals surface area contributed by atoms with Gasteiger partial charge in [0.1, 0.15) is 5.75 Å². The summed E-state index contributed by atoms with van der Waals surface area (Å²) in [5, 5.41) is 0. The molecule has 0 fully saturated rings. The Morgan fingerprint density at radius 3 is 2.07 bits per heavy atom. The standard InChI is InChI=1S/C10H11F3O/c1-6(2)5-14-7-3-8(11)10(13)9(12)4-7/h3-4,6H,5H2,1-2H3. The molecule has 1 aromatic carbocycles. The zero-order valence-corrected chi connectivity index (χ0v) is 7.98. The van der Waals surface area contributed by atoms with E-state index >= 15 is 0 Å². The molecule has 14 heavy (non-hydrogen) atoms. The minimum atomic E-state index is -1.47. The first-order valence-corrected chi connectivity index (χ1v) is 4.28. The molecule has 0 aliphatic rings. The van der Waals surface area contributed by atoms with E-state index in [9.17, 15) is 13.2 Å². The normalized spacial score (nSPS) is 10.7. The van der Waals surface area contributed by atoms with Gasteiger partial charge >= 0.3 is 0 Å². The lowest BCUT2D eigenvalue weighted by molar-refractivity contribution is 0.267. The number of hydrogen-bond donors (Lipinski definition) is 0. The van der Waals surface area contributed by atoms with Crippen LogP contribution in [-0.4, -0.2) is 6.61 Å². The van der Waals surface area contributed by atoms with Crippen LogP contribution in [0.15, 0.2) is 12.1 Å². The molecule has 0 aliphatic carbocycles. The summed E-state index contributed by atoms with van der Waals surface area (Å²) < 4.78 is 42.9. The topological polar surface area (TPSA) is 9.23 Å². The van der Waals surface area contributed by atoms with Gasteiger partial charge in [-0.3, -0.25) is 0 Å². The van der Waals surface area contributed by atoms with Gasteiger partial charge in [-0.1, -0.05) is 13.8 Å². The van der Waals surface area contributed by atoms with Crippen LogP contribution in [0.25, 0.3) is 0 Å². The summed E-state index contributed by atoms with van der Waals surface area (Å²) in [5.74, 6) is -3.68. The lowest BCUT2D eigenvalue weighted by Crippen LogP contribution is -2.05. The Morgan fingerprint density at radius 1 is 1.14 bits per heavy atom. The summed E-state index contributed by atoms with van der Waals surface area (Å²) >= 11 is 0. The number of ether oxygens (including phenoxy) is 1. The molecule has 0 aliphatic heterocycles. The maximum atomic E-state index is 12.7. The fraction of sp³-hybridized carbons (Fsp3) is 0.400. The lowest BCUT2D eigenvalue weighted by Gasteiger charge is -2.08. The second-order valence-corrected chi connectivity index (χ2v) is 3.41. The fourth-order valence-corrected chi connectivity index (χ4v) is 0.878. The molecular formula is C10H11F3O. The van der Waals surface area contributed by atoms with E-state index in [4.69, 9.17) is 4.74 Å². The highest BCUT2D eigenvalue weighted by Gasteiger charge is 2.11. The summed E-state index contributed by atoms with van der Waals surface area (Å²) in [6, 6.07) is 1.67. The second-order valence-electron chi connectivity index (χ2n) is 3.41. The number of halogens is 3. The summed E-state index contributed by atoms with van der Waals surface area (Å²) in [6.07, 6.45) is 0. The molecule has 1 nitrogen and oxygen atoms in total. The highest BCUT2D eigenvalue weighted by molar-refractivity contribution is 5.24. The maximum absolute atomic E-state index is 12.7. The Bertz CT molecular complexity index is 300. The molecule has 4 heteroatoms. The van der Waals surface area contributed by atoms with Gasteiger partial charge < -0.3 is 4.74 Å². The number of hydrogen-bond acceptors (Lipinski definition) is 1. The summed E-state index contributed by atoms with van der Waals surface area (Å²) in [6.45, 7) is 4.14. The first-order valence-electron chi connectivity index (χ1n) is 4.28. The average Bonchev–Trinajstić information content (AvgIpc) is 2.10. The van der Waals surface area contributed by atoms with Crippen LogP contribution in [-0.2, 0) is 0 Å². The van der Waals surface area contributed by atoms with Crippen molar-refractivity contribution < 1.29 is 17.9 Å². The summed E-state index contributed by atoms with van der Waals surface area (Å²) in [5.41, 5.74) is 0. The minimum absolute atomic E-state index is 0.00935. The molecule has 0 spiro atoms. The van der Waals surface area contributed by atoms with Crippen molar-refractivity contribution in [2.24, 2.45) is 5.92 Å². The van der Waals surface area contributed by atoms with E-state index in [-0.39, 0.29) is 11.7 Å². The Balaban J connectivity index is 2.79. The van der Waals surface area contributed by atoms with Crippen molar-refractivity contribution >= 4 is 0 Å². The molecular weight excluding hydrogens is 193 g/mol. The molecule has 1 aromatic rings. The van der Waals surface area contributed by atoms with Crippen molar-refractivity contribution in [3.8, 4) is 5.75 Å². The van der Waals surface area contributed by atoms with E-state index in [0.717, 1.165) is 12.1 Å². The SMILES string of the molecule is CC(C)COc1cc(F)c(F)c(F)c1. The quantitative estimate of drug-likeness (QED) is 0.687. The molecule has 0 N–H and O–H groups in total. The molecule has 0 amide bonds. The van der Waals surface area contributed by atoms with Crippen molar-refractivity contribution in [3.05, 3.63) is 29.6 Å². The molecule has 1 rings (SSSR count). The largest absolute Gasteiger partial charge is 0.493 e. The third-order valence-electron chi connectivity index (χ3n) is 1.54. The predicted molar refractivity (Wildman–Crippen MR) is 46.6 cm³/mol. The summed E-state index contributed by atoms with van der Waals surface area (Å²) in [4.78, 5) is 0. The molecule has 0 saturated carbocycles. The predicted octanol–water partition coefficient (Wildman–Crippen LogP) is 3.14. The van der Waals surface area contributed by atoms with Crippen LogP contribution in [0.2, 0.25) is 0 Å². The van der Waals surface area contributed by atoms with E-state index in [1.807, 2.05) is 13.8 Å². The Morgan fingerprint density at radius 2 is 1.64 bits per heavy atom. The van der Waals surface area contributed by atoms with Gasteiger partial charge in [-0.05, 0) is 5.92 Å². The molecule has 0 unspecified atom stereocenters. The van der Waals surface area contributed by atoms with Crippen molar-refractivity contribution in [1.29, 1.82) is 0 Å². The maximum Gasteiger partial charge on any atom is 0.194 e. The average molecular weight is 204 g/mol. The zero-order chi connectivity index (χ0) is 10.7. The van der Waals surface area contributed by atoms with Crippen molar-refractivity contribution in [2.45, 2.75) is 13.8 Å².